The predicted molar refractivity (Wildman–Crippen MR) is 108 cm³/mol. The number of ether oxygens (including phenoxy) is 2. The van der Waals surface area contributed by atoms with Crippen LogP contribution in [0.3, 0.4) is 0 Å². The lowest BCUT2D eigenvalue weighted by atomic mass is 9.75. The van der Waals surface area contributed by atoms with Crippen LogP contribution in [0.4, 0.5) is 0 Å². The lowest BCUT2D eigenvalue weighted by Gasteiger charge is -2.32. The summed E-state index contributed by atoms with van der Waals surface area (Å²) in [6, 6.07) is 3.72. The number of aldehydes is 1. The Balaban J connectivity index is 0.00000126. The minimum absolute atomic E-state index is 0.235. The molecule has 2 aliphatic heterocycles. The topological polar surface area (TPSA) is 54.0 Å². The Morgan fingerprint density at radius 1 is 1.11 bits per heavy atom. The maximum atomic E-state index is 11.7. The first-order chi connectivity index (χ1) is 12.7. The van der Waals surface area contributed by atoms with Crippen molar-refractivity contribution in [2.24, 2.45) is 0 Å². The summed E-state index contributed by atoms with van der Waals surface area (Å²) in [4.78, 5) is 11.7. The van der Waals surface area contributed by atoms with Crippen molar-refractivity contribution in [2.45, 2.75) is 85.2 Å². The standard InChI is InChI=1S/C19H27BO5.C2H6/c1-13-10-14(23-17-8-6-7-9-22-17)11-16(15(13)12-21)20-24-18(2,3)19(4,5)25-20;1-2/h10-12,17H,6-9H2,1-5H3;1-2H3. The molecule has 6 heteroatoms. The molecule has 0 aromatic heterocycles. The fourth-order valence-electron chi connectivity index (χ4n) is 3.14. The van der Waals surface area contributed by atoms with Gasteiger partial charge in [-0.15, -0.1) is 0 Å². The van der Waals surface area contributed by atoms with E-state index in [1.54, 1.807) is 0 Å². The number of benzene rings is 1. The average molecular weight is 376 g/mol. The quantitative estimate of drug-likeness (QED) is 0.587. The van der Waals surface area contributed by atoms with Crippen molar-refractivity contribution in [3.63, 3.8) is 0 Å². The summed E-state index contributed by atoms with van der Waals surface area (Å²) in [6.45, 7) is 14.6. The Kier molecular flexibility index (Phi) is 7.11. The second-order valence-electron chi connectivity index (χ2n) is 7.86. The van der Waals surface area contributed by atoms with E-state index in [0.717, 1.165) is 37.7 Å². The highest BCUT2D eigenvalue weighted by Gasteiger charge is 2.52. The maximum absolute atomic E-state index is 11.7. The Bertz CT molecular complexity index is 634. The van der Waals surface area contributed by atoms with E-state index in [1.807, 2.05) is 60.6 Å². The molecule has 1 atom stereocenters. The van der Waals surface area contributed by atoms with Crippen molar-refractivity contribution >= 4 is 18.9 Å². The molecule has 2 saturated heterocycles. The van der Waals surface area contributed by atoms with Crippen LogP contribution in [0.25, 0.3) is 0 Å². The van der Waals surface area contributed by atoms with Crippen molar-refractivity contribution in [1.82, 2.24) is 0 Å². The predicted octanol–water partition coefficient (Wildman–Crippen LogP) is 4.04. The van der Waals surface area contributed by atoms with E-state index in [9.17, 15) is 4.79 Å². The van der Waals surface area contributed by atoms with Gasteiger partial charge in [-0.2, -0.15) is 0 Å². The van der Waals surface area contributed by atoms with Crippen LogP contribution < -0.4 is 10.2 Å². The van der Waals surface area contributed by atoms with E-state index >= 15 is 0 Å². The first-order valence-corrected chi connectivity index (χ1v) is 9.97. The Labute approximate surface area is 163 Å². The fraction of sp³-hybridized carbons (Fsp3) is 0.667. The molecule has 2 heterocycles. The van der Waals surface area contributed by atoms with Gasteiger partial charge in [0, 0.05) is 12.0 Å². The van der Waals surface area contributed by atoms with Gasteiger partial charge in [0.25, 0.3) is 0 Å². The molecule has 1 aromatic carbocycles. The van der Waals surface area contributed by atoms with Crippen molar-refractivity contribution in [2.75, 3.05) is 6.61 Å². The molecule has 2 aliphatic rings. The fourth-order valence-corrected chi connectivity index (χ4v) is 3.14. The third-order valence-corrected chi connectivity index (χ3v) is 5.42. The van der Waals surface area contributed by atoms with Crippen LogP contribution in [0.5, 0.6) is 5.75 Å². The van der Waals surface area contributed by atoms with Crippen molar-refractivity contribution in [3.05, 3.63) is 23.3 Å². The molecule has 1 unspecified atom stereocenters. The SMILES string of the molecule is CC.Cc1cc(OC2CCCCO2)cc(B2OC(C)(C)C(C)(C)O2)c1C=O. The molecule has 2 fully saturated rings. The number of hydrogen-bond donors (Lipinski definition) is 0. The Hall–Kier alpha value is -1.37. The number of rotatable bonds is 4. The molecule has 0 saturated carbocycles. The summed E-state index contributed by atoms with van der Waals surface area (Å²) in [5.74, 6) is 0.680. The summed E-state index contributed by atoms with van der Waals surface area (Å²) in [6.07, 6.45) is 3.67. The van der Waals surface area contributed by atoms with Crippen LogP contribution in [0.15, 0.2) is 12.1 Å². The van der Waals surface area contributed by atoms with Gasteiger partial charge >= 0.3 is 7.12 Å². The largest absolute Gasteiger partial charge is 0.495 e. The summed E-state index contributed by atoms with van der Waals surface area (Å²) in [5, 5.41) is 0. The first kappa shape index (κ1) is 21.9. The van der Waals surface area contributed by atoms with E-state index in [-0.39, 0.29) is 6.29 Å². The second kappa shape index (κ2) is 8.76. The molecular weight excluding hydrogens is 343 g/mol. The van der Waals surface area contributed by atoms with Gasteiger partial charge in [-0.25, -0.2) is 0 Å². The molecule has 0 aliphatic carbocycles. The zero-order valence-corrected chi connectivity index (χ0v) is 17.8. The van der Waals surface area contributed by atoms with Crippen LogP contribution in [-0.2, 0) is 14.0 Å². The lowest BCUT2D eigenvalue weighted by Crippen LogP contribution is -2.41. The monoisotopic (exact) mass is 376 g/mol. The van der Waals surface area contributed by atoms with Gasteiger partial charge in [0.15, 0.2) is 6.29 Å². The Morgan fingerprint density at radius 3 is 2.26 bits per heavy atom. The van der Waals surface area contributed by atoms with Gasteiger partial charge < -0.3 is 18.8 Å². The first-order valence-electron chi connectivity index (χ1n) is 9.97. The zero-order chi connectivity index (χ0) is 20.2. The number of hydrogen-bond acceptors (Lipinski definition) is 5. The van der Waals surface area contributed by atoms with Gasteiger partial charge in [-0.05, 0) is 70.6 Å². The molecule has 0 N–H and O–H groups in total. The minimum atomic E-state index is -0.597. The number of aryl methyl sites for hydroxylation is 1. The van der Waals surface area contributed by atoms with E-state index in [4.69, 9.17) is 18.8 Å². The van der Waals surface area contributed by atoms with Gasteiger partial charge in [0.2, 0.25) is 0 Å². The molecule has 1 aromatic rings. The highest BCUT2D eigenvalue weighted by molar-refractivity contribution is 6.63. The molecule has 0 spiro atoms. The smallest absolute Gasteiger partial charge is 0.465 e. The second-order valence-corrected chi connectivity index (χ2v) is 7.86. The molecular formula is C21H33BO5. The van der Waals surface area contributed by atoms with Crippen LogP contribution in [0.1, 0.15) is 76.7 Å². The molecule has 5 nitrogen and oxygen atoms in total. The van der Waals surface area contributed by atoms with Crippen LogP contribution in [-0.4, -0.2) is 37.5 Å². The number of carbonyl (C=O) groups excluding carboxylic acids is 1. The molecule has 27 heavy (non-hydrogen) atoms. The van der Waals surface area contributed by atoms with Crippen LogP contribution >= 0.6 is 0 Å². The maximum Gasteiger partial charge on any atom is 0.495 e. The van der Waals surface area contributed by atoms with Gasteiger partial charge in [-0.3, -0.25) is 4.79 Å². The van der Waals surface area contributed by atoms with Crippen molar-refractivity contribution in [3.8, 4) is 5.75 Å². The van der Waals surface area contributed by atoms with Crippen LogP contribution in [0.2, 0.25) is 0 Å². The van der Waals surface area contributed by atoms with Crippen LogP contribution in [0, 0.1) is 6.92 Å². The minimum Gasteiger partial charge on any atom is -0.465 e. The molecule has 150 valence electrons. The van der Waals surface area contributed by atoms with E-state index in [1.165, 1.54) is 0 Å². The summed E-state index contributed by atoms with van der Waals surface area (Å²) in [5.41, 5.74) is 1.22. The van der Waals surface area contributed by atoms with Gasteiger partial charge in [-0.1, -0.05) is 13.8 Å². The summed E-state index contributed by atoms with van der Waals surface area (Å²) < 4.78 is 23.9. The third kappa shape index (κ3) is 4.73. The highest BCUT2D eigenvalue weighted by Crippen LogP contribution is 2.37. The van der Waals surface area contributed by atoms with E-state index in [2.05, 4.69) is 0 Å². The van der Waals surface area contributed by atoms with Crippen molar-refractivity contribution in [1.29, 1.82) is 0 Å². The zero-order valence-electron chi connectivity index (χ0n) is 17.8. The molecule has 0 radical (unpaired) electrons. The van der Waals surface area contributed by atoms with E-state index < -0.39 is 18.3 Å². The van der Waals surface area contributed by atoms with E-state index in [0.29, 0.717) is 16.8 Å². The highest BCUT2D eigenvalue weighted by atomic mass is 16.7. The summed E-state index contributed by atoms with van der Waals surface area (Å²) in [7, 11) is -0.597. The molecule has 0 amide bonds. The molecule has 3 rings (SSSR count). The van der Waals surface area contributed by atoms with Gasteiger partial charge in [0.05, 0.1) is 17.8 Å². The summed E-state index contributed by atoms with van der Waals surface area (Å²) >= 11 is 0. The Morgan fingerprint density at radius 2 is 1.74 bits per heavy atom. The third-order valence-electron chi connectivity index (χ3n) is 5.42. The normalized spacial score (nSPS) is 23.4. The lowest BCUT2D eigenvalue weighted by molar-refractivity contribution is -0.105. The molecule has 0 bridgehead atoms. The van der Waals surface area contributed by atoms with Crippen molar-refractivity contribution < 1.29 is 23.6 Å². The average Bonchev–Trinajstić information content (AvgIpc) is 2.85. The van der Waals surface area contributed by atoms with Gasteiger partial charge in [0.1, 0.15) is 12.0 Å². The number of carbonyl (C=O) groups is 1.